The molecule has 6 heteroatoms. The van der Waals surface area contributed by atoms with E-state index in [1.165, 1.54) is 6.92 Å². The van der Waals surface area contributed by atoms with Gasteiger partial charge in [-0.2, -0.15) is 9.64 Å². The lowest BCUT2D eigenvalue weighted by molar-refractivity contribution is -0.147. The third kappa shape index (κ3) is 2.67. The number of nitriles is 1. The van der Waals surface area contributed by atoms with Gasteiger partial charge < -0.3 is 4.74 Å². The molecule has 0 saturated heterocycles. The summed E-state index contributed by atoms with van der Waals surface area (Å²) in [6.45, 7) is 9.39. The Morgan fingerprint density at radius 1 is 1.44 bits per heavy atom. The Kier molecular flexibility index (Phi) is 4.07. The van der Waals surface area contributed by atoms with Crippen LogP contribution in [0.4, 0.5) is 0 Å². The highest BCUT2D eigenvalue weighted by atomic mass is 32.1. The molecular weight excluding hydrogens is 250 g/mol. The van der Waals surface area contributed by atoms with Crippen molar-refractivity contribution in [3.05, 3.63) is 10.8 Å². The second-order valence-corrected chi connectivity index (χ2v) is 5.88. The summed E-state index contributed by atoms with van der Waals surface area (Å²) in [5.74, 6) is 0.0531. The number of hydrogen-bond acceptors (Lipinski definition) is 6. The molecule has 0 spiro atoms. The standard InChI is InChI=1S/C12H17N3O2S/c1-6-17-10(16)12(5,7-13)9-14-8(15-18-9)11(2,3)4/h6H2,1-5H3. The molecule has 1 unspecified atom stereocenters. The average Bonchev–Trinajstić information content (AvgIpc) is 2.77. The van der Waals surface area contributed by atoms with E-state index < -0.39 is 11.4 Å². The predicted molar refractivity (Wildman–Crippen MR) is 68.2 cm³/mol. The summed E-state index contributed by atoms with van der Waals surface area (Å²) in [5, 5.41) is 9.62. The van der Waals surface area contributed by atoms with E-state index in [1.54, 1.807) is 6.92 Å². The van der Waals surface area contributed by atoms with Crippen LogP contribution in [0.15, 0.2) is 0 Å². The lowest BCUT2D eigenvalue weighted by atomic mass is 9.93. The van der Waals surface area contributed by atoms with Gasteiger partial charge in [0.2, 0.25) is 5.41 Å². The molecule has 0 radical (unpaired) electrons. The number of rotatable bonds is 3. The maximum absolute atomic E-state index is 11.8. The topological polar surface area (TPSA) is 75.9 Å². The fourth-order valence-corrected chi connectivity index (χ4v) is 2.11. The molecule has 5 nitrogen and oxygen atoms in total. The fourth-order valence-electron chi connectivity index (χ4n) is 1.19. The maximum atomic E-state index is 11.8. The van der Waals surface area contributed by atoms with Crippen LogP contribution in [0.25, 0.3) is 0 Å². The SMILES string of the molecule is CCOC(=O)C(C)(C#N)c1nc(C(C)(C)C)ns1. The van der Waals surface area contributed by atoms with E-state index >= 15 is 0 Å². The highest BCUT2D eigenvalue weighted by Crippen LogP contribution is 2.29. The van der Waals surface area contributed by atoms with E-state index in [2.05, 4.69) is 9.36 Å². The highest BCUT2D eigenvalue weighted by molar-refractivity contribution is 7.05. The number of ether oxygens (including phenoxy) is 1. The van der Waals surface area contributed by atoms with Crippen molar-refractivity contribution >= 4 is 17.5 Å². The van der Waals surface area contributed by atoms with Gasteiger partial charge in [0, 0.05) is 5.41 Å². The first-order valence-electron chi connectivity index (χ1n) is 5.69. The van der Waals surface area contributed by atoms with Gasteiger partial charge in [0.1, 0.15) is 10.8 Å². The molecule has 1 aromatic rings. The van der Waals surface area contributed by atoms with Crippen LogP contribution >= 0.6 is 11.5 Å². The van der Waals surface area contributed by atoms with Gasteiger partial charge in [0.25, 0.3) is 0 Å². The van der Waals surface area contributed by atoms with Gasteiger partial charge >= 0.3 is 5.97 Å². The van der Waals surface area contributed by atoms with Gasteiger partial charge in [-0.15, -0.1) is 0 Å². The molecule has 0 aliphatic carbocycles. The second-order valence-electron chi connectivity index (χ2n) is 5.13. The molecule has 0 amide bonds. The molecule has 0 fully saturated rings. The smallest absolute Gasteiger partial charge is 0.333 e. The van der Waals surface area contributed by atoms with Crippen LogP contribution in [-0.2, 0) is 20.4 Å². The first kappa shape index (κ1) is 14.6. The zero-order valence-corrected chi connectivity index (χ0v) is 12.1. The van der Waals surface area contributed by atoms with E-state index in [9.17, 15) is 10.1 Å². The third-order valence-corrected chi connectivity index (χ3v) is 3.37. The molecule has 1 heterocycles. The van der Waals surface area contributed by atoms with Crippen LogP contribution in [0.2, 0.25) is 0 Å². The monoisotopic (exact) mass is 267 g/mol. The first-order valence-corrected chi connectivity index (χ1v) is 6.46. The third-order valence-electron chi connectivity index (χ3n) is 2.43. The van der Waals surface area contributed by atoms with Crippen molar-refractivity contribution in [1.29, 1.82) is 5.26 Å². The lowest BCUT2D eigenvalue weighted by Crippen LogP contribution is -2.33. The molecule has 0 aromatic carbocycles. The van der Waals surface area contributed by atoms with Crippen molar-refractivity contribution in [2.75, 3.05) is 6.61 Å². The number of esters is 1. The summed E-state index contributed by atoms with van der Waals surface area (Å²) in [4.78, 5) is 16.2. The molecule has 98 valence electrons. The van der Waals surface area contributed by atoms with Crippen LogP contribution in [0.3, 0.4) is 0 Å². The van der Waals surface area contributed by atoms with Crippen LogP contribution in [0.5, 0.6) is 0 Å². The Balaban J connectivity index is 3.15. The van der Waals surface area contributed by atoms with E-state index in [-0.39, 0.29) is 12.0 Å². The minimum atomic E-state index is -1.38. The minimum Gasteiger partial charge on any atom is -0.464 e. The van der Waals surface area contributed by atoms with Crippen LogP contribution < -0.4 is 0 Å². The predicted octanol–water partition coefficient (Wildman–Crippen LogP) is 2.18. The van der Waals surface area contributed by atoms with Crippen LogP contribution in [0.1, 0.15) is 45.5 Å². The van der Waals surface area contributed by atoms with Crippen molar-refractivity contribution in [3.8, 4) is 6.07 Å². The Morgan fingerprint density at radius 2 is 2.06 bits per heavy atom. The van der Waals surface area contributed by atoms with Crippen molar-refractivity contribution < 1.29 is 9.53 Å². The summed E-state index contributed by atoms with van der Waals surface area (Å²) < 4.78 is 9.14. The molecule has 1 aromatic heterocycles. The van der Waals surface area contributed by atoms with Gasteiger partial charge in [0.05, 0.1) is 12.7 Å². The lowest BCUT2D eigenvalue weighted by Gasteiger charge is -2.16. The van der Waals surface area contributed by atoms with Crippen molar-refractivity contribution in [3.63, 3.8) is 0 Å². The molecular formula is C12H17N3O2S. The number of hydrogen-bond donors (Lipinski definition) is 0. The van der Waals surface area contributed by atoms with Crippen molar-refractivity contribution in [2.24, 2.45) is 0 Å². The normalized spacial score (nSPS) is 14.7. The summed E-state index contributed by atoms with van der Waals surface area (Å²) >= 11 is 1.08. The first-order chi connectivity index (χ1) is 8.25. The van der Waals surface area contributed by atoms with E-state index in [4.69, 9.17) is 4.74 Å². The summed E-state index contributed by atoms with van der Waals surface area (Å²) in [6, 6.07) is 1.98. The summed E-state index contributed by atoms with van der Waals surface area (Å²) in [5.41, 5.74) is -1.59. The molecule has 0 saturated carbocycles. The largest absolute Gasteiger partial charge is 0.464 e. The number of nitrogens with zero attached hydrogens (tertiary/aromatic N) is 3. The zero-order chi connectivity index (χ0) is 14.0. The average molecular weight is 267 g/mol. The molecule has 0 aliphatic heterocycles. The van der Waals surface area contributed by atoms with Crippen molar-refractivity contribution in [1.82, 2.24) is 9.36 Å². The van der Waals surface area contributed by atoms with Crippen LogP contribution in [-0.4, -0.2) is 21.9 Å². The van der Waals surface area contributed by atoms with E-state index in [0.29, 0.717) is 10.8 Å². The summed E-state index contributed by atoms with van der Waals surface area (Å²) in [6.07, 6.45) is 0. The number of carbonyl (C=O) groups excluding carboxylic acids is 1. The molecule has 1 atom stereocenters. The molecule has 0 N–H and O–H groups in total. The number of aromatic nitrogens is 2. The van der Waals surface area contributed by atoms with Gasteiger partial charge in [-0.3, -0.25) is 0 Å². The summed E-state index contributed by atoms with van der Waals surface area (Å²) in [7, 11) is 0. The maximum Gasteiger partial charge on any atom is 0.333 e. The molecule has 0 bridgehead atoms. The van der Waals surface area contributed by atoms with Gasteiger partial charge in [-0.1, -0.05) is 20.8 Å². The number of carbonyl (C=O) groups is 1. The Morgan fingerprint density at radius 3 is 2.44 bits per heavy atom. The quantitative estimate of drug-likeness (QED) is 0.784. The Labute approximate surface area is 111 Å². The Bertz CT molecular complexity index is 484. The highest BCUT2D eigenvalue weighted by Gasteiger charge is 2.41. The molecule has 1 rings (SSSR count). The van der Waals surface area contributed by atoms with Crippen LogP contribution in [0, 0.1) is 11.3 Å². The zero-order valence-electron chi connectivity index (χ0n) is 11.3. The van der Waals surface area contributed by atoms with Crippen molar-refractivity contribution in [2.45, 2.75) is 45.4 Å². The van der Waals surface area contributed by atoms with Gasteiger partial charge in [-0.05, 0) is 25.4 Å². The molecule has 0 aliphatic rings. The van der Waals surface area contributed by atoms with E-state index in [0.717, 1.165) is 11.5 Å². The minimum absolute atomic E-state index is 0.209. The van der Waals surface area contributed by atoms with Gasteiger partial charge in [-0.25, -0.2) is 9.78 Å². The Hall–Kier alpha value is -1.48. The fraction of sp³-hybridized carbons (Fsp3) is 0.667. The molecule has 18 heavy (non-hydrogen) atoms. The van der Waals surface area contributed by atoms with Gasteiger partial charge in [0.15, 0.2) is 0 Å². The second kappa shape index (κ2) is 5.02. The van der Waals surface area contributed by atoms with E-state index in [1.807, 2.05) is 26.8 Å².